The predicted molar refractivity (Wildman–Crippen MR) is 95.6 cm³/mol. The fourth-order valence-electron chi connectivity index (χ4n) is 3.84. The van der Waals surface area contributed by atoms with Crippen LogP contribution in [0.4, 0.5) is 8.78 Å². The minimum atomic E-state index is -3.00. The van der Waals surface area contributed by atoms with E-state index in [1.807, 2.05) is 0 Å². The molecule has 2 aliphatic rings. The van der Waals surface area contributed by atoms with Crippen molar-refractivity contribution in [2.45, 2.75) is 44.3 Å². The van der Waals surface area contributed by atoms with Crippen LogP contribution in [0, 0.1) is 0 Å². The van der Waals surface area contributed by atoms with Crippen molar-refractivity contribution in [2.75, 3.05) is 26.2 Å². The summed E-state index contributed by atoms with van der Waals surface area (Å²) in [5.74, 6) is -0.562. The first kappa shape index (κ1) is 19.5. The molecule has 1 saturated heterocycles. The van der Waals surface area contributed by atoms with E-state index in [4.69, 9.17) is 5.73 Å². The highest BCUT2D eigenvalue weighted by Crippen LogP contribution is 2.28. The molecule has 0 radical (unpaired) electrons. The number of hydrogen-bond donors (Lipinski definition) is 1. The molecule has 2 amide bonds. The van der Waals surface area contributed by atoms with Crippen molar-refractivity contribution < 1.29 is 23.1 Å². The number of carbonyl (C=O) groups excluding carboxylic acids is 2. The lowest BCUT2D eigenvalue weighted by Gasteiger charge is -2.41. The molecule has 1 aliphatic carbocycles. The standard InChI is InChI=1S/C19H25F2N3O3/c20-18(21)27-15-7-3-2-6-14(15)16(25)23-10-12-24(13-11-23)17(26)19(22)8-4-1-5-9-19/h2-3,6-7,18H,1,4-5,8-13,22H2. The molecule has 27 heavy (non-hydrogen) atoms. The van der Waals surface area contributed by atoms with Gasteiger partial charge in [0.25, 0.3) is 5.91 Å². The first-order chi connectivity index (χ1) is 12.9. The number of rotatable bonds is 4. The van der Waals surface area contributed by atoms with Crippen molar-refractivity contribution >= 4 is 11.8 Å². The van der Waals surface area contributed by atoms with Crippen LogP contribution >= 0.6 is 0 Å². The summed E-state index contributed by atoms with van der Waals surface area (Å²) in [6.07, 6.45) is 4.42. The molecule has 1 aromatic carbocycles. The second-order valence-electron chi connectivity index (χ2n) is 7.18. The Morgan fingerprint density at radius 2 is 1.59 bits per heavy atom. The number of piperazine rings is 1. The van der Waals surface area contributed by atoms with Crippen LogP contribution in [0.25, 0.3) is 0 Å². The Labute approximate surface area is 157 Å². The van der Waals surface area contributed by atoms with E-state index in [1.165, 1.54) is 18.2 Å². The lowest BCUT2D eigenvalue weighted by atomic mass is 9.81. The summed E-state index contributed by atoms with van der Waals surface area (Å²) < 4.78 is 29.6. The topological polar surface area (TPSA) is 75.9 Å². The molecule has 8 heteroatoms. The third-order valence-electron chi connectivity index (χ3n) is 5.36. The predicted octanol–water partition coefficient (Wildman–Crippen LogP) is 2.23. The summed E-state index contributed by atoms with van der Waals surface area (Å²) in [5, 5.41) is 0. The SMILES string of the molecule is NC1(C(=O)N2CCN(C(=O)c3ccccc3OC(F)F)CC2)CCCCC1. The molecule has 1 saturated carbocycles. The summed E-state index contributed by atoms with van der Waals surface area (Å²) in [6.45, 7) is -1.54. The van der Waals surface area contributed by atoms with Crippen molar-refractivity contribution in [3.63, 3.8) is 0 Å². The van der Waals surface area contributed by atoms with Gasteiger partial charge in [-0.1, -0.05) is 31.4 Å². The molecule has 2 N–H and O–H groups in total. The number of alkyl halides is 2. The maximum absolute atomic E-state index is 12.8. The summed E-state index contributed by atoms with van der Waals surface area (Å²) in [4.78, 5) is 28.8. The van der Waals surface area contributed by atoms with Gasteiger partial charge < -0.3 is 20.3 Å². The Morgan fingerprint density at radius 3 is 2.22 bits per heavy atom. The fourth-order valence-corrected chi connectivity index (χ4v) is 3.84. The van der Waals surface area contributed by atoms with Crippen molar-refractivity contribution in [3.8, 4) is 5.75 Å². The maximum atomic E-state index is 12.8. The Bertz CT molecular complexity index is 685. The molecule has 1 heterocycles. The fraction of sp³-hybridized carbons (Fsp3) is 0.579. The lowest BCUT2D eigenvalue weighted by molar-refractivity contribution is -0.139. The van der Waals surface area contributed by atoms with Gasteiger partial charge in [-0.2, -0.15) is 8.78 Å². The van der Waals surface area contributed by atoms with Crippen LogP contribution < -0.4 is 10.5 Å². The molecule has 3 rings (SSSR count). The highest BCUT2D eigenvalue weighted by molar-refractivity contribution is 5.97. The van der Waals surface area contributed by atoms with E-state index in [2.05, 4.69) is 4.74 Å². The van der Waals surface area contributed by atoms with Crippen LogP contribution in [0.1, 0.15) is 42.5 Å². The van der Waals surface area contributed by atoms with Gasteiger partial charge >= 0.3 is 6.61 Å². The zero-order valence-electron chi connectivity index (χ0n) is 15.2. The maximum Gasteiger partial charge on any atom is 0.387 e. The lowest BCUT2D eigenvalue weighted by Crippen LogP contribution is -2.60. The molecule has 0 spiro atoms. The summed E-state index contributed by atoms with van der Waals surface area (Å²) in [6, 6.07) is 5.96. The third-order valence-corrected chi connectivity index (χ3v) is 5.36. The molecule has 1 aromatic rings. The van der Waals surface area contributed by atoms with Crippen molar-refractivity contribution in [3.05, 3.63) is 29.8 Å². The first-order valence-electron chi connectivity index (χ1n) is 9.32. The van der Waals surface area contributed by atoms with Gasteiger partial charge in [-0.15, -0.1) is 0 Å². The molecule has 1 aliphatic heterocycles. The highest BCUT2D eigenvalue weighted by atomic mass is 19.3. The Balaban J connectivity index is 1.62. The average Bonchev–Trinajstić information content (AvgIpc) is 2.67. The molecule has 0 bridgehead atoms. The molecule has 6 nitrogen and oxygen atoms in total. The van der Waals surface area contributed by atoms with Crippen molar-refractivity contribution in [2.24, 2.45) is 5.73 Å². The number of para-hydroxylation sites is 1. The summed E-state index contributed by atoms with van der Waals surface area (Å²) in [7, 11) is 0. The zero-order chi connectivity index (χ0) is 19.4. The summed E-state index contributed by atoms with van der Waals surface area (Å²) >= 11 is 0. The van der Waals surface area contributed by atoms with Gasteiger partial charge in [-0.25, -0.2) is 0 Å². The van der Waals surface area contributed by atoms with Crippen LogP contribution in [0.2, 0.25) is 0 Å². The Kier molecular flexibility index (Phi) is 5.94. The smallest absolute Gasteiger partial charge is 0.387 e. The van der Waals surface area contributed by atoms with Crippen LogP contribution in [0.5, 0.6) is 5.75 Å². The van der Waals surface area contributed by atoms with Gasteiger partial charge in [0, 0.05) is 26.2 Å². The molecule has 0 unspecified atom stereocenters. The van der Waals surface area contributed by atoms with Gasteiger partial charge in [-0.05, 0) is 25.0 Å². The normalized spacial score (nSPS) is 19.9. The van der Waals surface area contributed by atoms with E-state index < -0.39 is 12.2 Å². The van der Waals surface area contributed by atoms with Gasteiger partial charge in [0.1, 0.15) is 5.75 Å². The average molecular weight is 381 g/mol. The van der Waals surface area contributed by atoms with Gasteiger partial charge in [-0.3, -0.25) is 9.59 Å². The molecule has 0 aromatic heterocycles. The minimum Gasteiger partial charge on any atom is -0.434 e. The van der Waals surface area contributed by atoms with E-state index >= 15 is 0 Å². The first-order valence-corrected chi connectivity index (χ1v) is 9.32. The van der Waals surface area contributed by atoms with Gasteiger partial charge in [0.05, 0.1) is 11.1 Å². The molecule has 148 valence electrons. The van der Waals surface area contributed by atoms with Crippen molar-refractivity contribution in [1.29, 1.82) is 0 Å². The summed E-state index contributed by atoms with van der Waals surface area (Å²) in [5.41, 5.74) is 5.63. The second-order valence-corrected chi connectivity index (χ2v) is 7.18. The van der Waals surface area contributed by atoms with Crippen LogP contribution in [-0.2, 0) is 4.79 Å². The Morgan fingerprint density at radius 1 is 1.00 bits per heavy atom. The molecule has 2 fully saturated rings. The van der Waals surface area contributed by atoms with Crippen molar-refractivity contribution in [1.82, 2.24) is 9.80 Å². The van der Waals surface area contributed by atoms with E-state index in [0.717, 1.165) is 19.3 Å². The van der Waals surface area contributed by atoms with Gasteiger partial charge in [0.15, 0.2) is 0 Å². The number of ether oxygens (including phenoxy) is 1. The number of benzene rings is 1. The Hall–Kier alpha value is -2.22. The van der Waals surface area contributed by atoms with E-state index in [1.54, 1.807) is 15.9 Å². The van der Waals surface area contributed by atoms with Crippen LogP contribution in [0.3, 0.4) is 0 Å². The largest absolute Gasteiger partial charge is 0.434 e. The third kappa shape index (κ3) is 4.37. The number of nitrogens with two attached hydrogens (primary N) is 1. The number of halogens is 2. The van der Waals surface area contributed by atoms with Gasteiger partial charge in [0.2, 0.25) is 5.91 Å². The monoisotopic (exact) mass is 381 g/mol. The van der Waals surface area contributed by atoms with E-state index in [-0.39, 0.29) is 23.1 Å². The quantitative estimate of drug-likeness (QED) is 0.868. The van der Waals surface area contributed by atoms with E-state index in [0.29, 0.717) is 39.0 Å². The number of hydrogen-bond acceptors (Lipinski definition) is 4. The zero-order valence-corrected chi connectivity index (χ0v) is 15.2. The van der Waals surface area contributed by atoms with E-state index in [9.17, 15) is 18.4 Å². The minimum absolute atomic E-state index is 0.0456. The number of amides is 2. The second kappa shape index (κ2) is 8.21. The molecule has 0 atom stereocenters. The molecular formula is C19H25F2N3O3. The van der Waals surface area contributed by atoms with Crippen LogP contribution in [-0.4, -0.2) is 59.9 Å². The number of nitrogens with zero attached hydrogens (tertiary/aromatic N) is 2. The highest BCUT2D eigenvalue weighted by Gasteiger charge is 2.39. The number of carbonyl (C=O) groups is 2. The molecular weight excluding hydrogens is 356 g/mol. The van der Waals surface area contributed by atoms with Crippen LogP contribution in [0.15, 0.2) is 24.3 Å².